The van der Waals surface area contributed by atoms with Crippen molar-refractivity contribution in [2.75, 3.05) is 0 Å². The standard InChI is InChI=1S/C13H24O/c1-5-6-7-8-11(2)12(3)9-10-13(4)14/h5-10H2,1-4H3. The van der Waals surface area contributed by atoms with Crippen LogP contribution in [0.15, 0.2) is 11.1 Å². The molecule has 0 aromatic carbocycles. The predicted octanol–water partition coefficient (Wildman–Crippen LogP) is 4.27. The van der Waals surface area contributed by atoms with Gasteiger partial charge in [0.05, 0.1) is 0 Å². The molecular weight excluding hydrogens is 172 g/mol. The fourth-order valence-electron chi connectivity index (χ4n) is 1.43. The first-order valence-corrected chi connectivity index (χ1v) is 5.72. The minimum absolute atomic E-state index is 0.297. The number of Topliss-reactive ketones (excluding diaryl/α,β-unsaturated/α-hetero) is 1. The zero-order chi connectivity index (χ0) is 11.0. The van der Waals surface area contributed by atoms with Gasteiger partial charge in [-0.1, -0.05) is 30.9 Å². The second kappa shape index (κ2) is 7.78. The van der Waals surface area contributed by atoms with Gasteiger partial charge >= 0.3 is 0 Å². The van der Waals surface area contributed by atoms with Crippen LogP contribution in [0.4, 0.5) is 0 Å². The van der Waals surface area contributed by atoms with Gasteiger partial charge in [0.15, 0.2) is 0 Å². The second-order valence-corrected chi connectivity index (χ2v) is 4.22. The summed E-state index contributed by atoms with van der Waals surface area (Å²) in [4.78, 5) is 10.8. The van der Waals surface area contributed by atoms with Crippen LogP contribution in [0.3, 0.4) is 0 Å². The zero-order valence-electron chi connectivity index (χ0n) is 10.2. The molecule has 0 aromatic rings. The van der Waals surface area contributed by atoms with E-state index in [4.69, 9.17) is 0 Å². The van der Waals surface area contributed by atoms with E-state index in [1.54, 1.807) is 6.92 Å². The van der Waals surface area contributed by atoms with Crippen LogP contribution in [0, 0.1) is 0 Å². The fourth-order valence-corrected chi connectivity index (χ4v) is 1.43. The van der Waals surface area contributed by atoms with Crippen molar-refractivity contribution in [3.63, 3.8) is 0 Å². The van der Waals surface area contributed by atoms with Gasteiger partial charge in [-0.05, 0) is 40.0 Å². The third kappa shape index (κ3) is 6.88. The number of ketones is 1. The Morgan fingerprint density at radius 3 is 1.93 bits per heavy atom. The highest BCUT2D eigenvalue weighted by molar-refractivity contribution is 5.75. The van der Waals surface area contributed by atoms with E-state index in [9.17, 15) is 4.79 Å². The maximum absolute atomic E-state index is 10.8. The first-order valence-electron chi connectivity index (χ1n) is 5.72. The van der Waals surface area contributed by atoms with Crippen molar-refractivity contribution in [2.45, 2.75) is 66.2 Å². The van der Waals surface area contributed by atoms with Gasteiger partial charge in [0, 0.05) is 6.42 Å². The molecule has 0 saturated heterocycles. The molecule has 0 bridgehead atoms. The molecule has 0 aromatic heterocycles. The SMILES string of the molecule is CCCCCC(C)=C(C)CCC(C)=O. The molecule has 0 saturated carbocycles. The monoisotopic (exact) mass is 196 g/mol. The van der Waals surface area contributed by atoms with E-state index in [2.05, 4.69) is 20.8 Å². The lowest BCUT2D eigenvalue weighted by Crippen LogP contribution is -1.92. The van der Waals surface area contributed by atoms with E-state index in [0.717, 1.165) is 6.42 Å². The quantitative estimate of drug-likeness (QED) is 0.439. The number of carbonyl (C=O) groups excluding carboxylic acids is 1. The van der Waals surface area contributed by atoms with Crippen LogP contribution in [-0.2, 0) is 4.79 Å². The molecule has 0 heterocycles. The van der Waals surface area contributed by atoms with Gasteiger partial charge < -0.3 is 4.79 Å². The highest BCUT2D eigenvalue weighted by Gasteiger charge is 1.99. The average molecular weight is 196 g/mol. The van der Waals surface area contributed by atoms with Crippen molar-refractivity contribution in [1.82, 2.24) is 0 Å². The Hall–Kier alpha value is -0.590. The van der Waals surface area contributed by atoms with Gasteiger partial charge in [-0.25, -0.2) is 0 Å². The van der Waals surface area contributed by atoms with Gasteiger partial charge in [0.25, 0.3) is 0 Å². The lowest BCUT2D eigenvalue weighted by Gasteiger charge is -2.06. The molecule has 0 aliphatic rings. The molecule has 82 valence electrons. The number of rotatable bonds is 7. The second-order valence-electron chi connectivity index (χ2n) is 4.22. The molecule has 0 N–H and O–H groups in total. The molecule has 1 nitrogen and oxygen atoms in total. The molecule has 0 aliphatic carbocycles. The summed E-state index contributed by atoms with van der Waals surface area (Å²) in [6.07, 6.45) is 6.75. The van der Waals surface area contributed by atoms with Crippen LogP contribution >= 0.6 is 0 Å². The third-order valence-corrected chi connectivity index (χ3v) is 2.74. The van der Waals surface area contributed by atoms with Crippen LogP contribution in [-0.4, -0.2) is 5.78 Å². The summed E-state index contributed by atoms with van der Waals surface area (Å²) < 4.78 is 0. The summed E-state index contributed by atoms with van der Waals surface area (Å²) in [5.74, 6) is 0.297. The summed E-state index contributed by atoms with van der Waals surface area (Å²) in [5.41, 5.74) is 2.90. The molecule has 0 unspecified atom stereocenters. The fraction of sp³-hybridized carbons (Fsp3) is 0.769. The first-order chi connectivity index (χ1) is 6.57. The molecule has 0 aliphatic heterocycles. The van der Waals surface area contributed by atoms with Crippen LogP contribution in [0.2, 0.25) is 0 Å². The Morgan fingerprint density at radius 1 is 0.857 bits per heavy atom. The van der Waals surface area contributed by atoms with Crippen LogP contribution < -0.4 is 0 Å². The maximum Gasteiger partial charge on any atom is 0.130 e. The average Bonchev–Trinajstić information content (AvgIpc) is 2.14. The van der Waals surface area contributed by atoms with Gasteiger partial charge in [0.2, 0.25) is 0 Å². The summed E-state index contributed by atoms with van der Waals surface area (Å²) in [7, 11) is 0. The van der Waals surface area contributed by atoms with Crippen molar-refractivity contribution in [1.29, 1.82) is 0 Å². The van der Waals surface area contributed by atoms with Crippen LogP contribution in [0.5, 0.6) is 0 Å². The normalized spacial score (nSPS) is 12.6. The zero-order valence-corrected chi connectivity index (χ0v) is 10.2. The molecule has 0 radical (unpaired) electrons. The van der Waals surface area contributed by atoms with E-state index in [1.165, 1.54) is 36.8 Å². The molecule has 14 heavy (non-hydrogen) atoms. The topological polar surface area (TPSA) is 17.1 Å². The molecule has 0 fully saturated rings. The Labute approximate surface area is 88.6 Å². The van der Waals surface area contributed by atoms with Crippen molar-refractivity contribution < 1.29 is 4.79 Å². The Bertz CT molecular complexity index is 201. The summed E-state index contributed by atoms with van der Waals surface area (Å²) in [5, 5.41) is 0. The number of hydrogen-bond acceptors (Lipinski definition) is 1. The van der Waals surface area contributed by atoms with E-state index in [0.29, 0.717) is 12.2 Å². The molecule has 1 heteroatoms. The number of allylic oxidation sites excluding steroid dienone is 2. The lowest BCUT2D eigenvalue weighted by atomic mass is 10.0. The summed E-state index contributed by atoms with van der Waals surface area (Å²) >= 11 is 0. The first kappa shape index (κ1) is 13.4. The van der Waals surface area contributed by atoms with Crippen molar-refractivity contribution in [2.24, 2.45) is 0 Å². The van der Waals surface area contributed by atoms with Crippen molar-refractivity contribution >= 4 is 5.78 Å². The van der Waals surface area contributed by atoms with Crippen molar-refractivity contribution in [3.05, 3.63) is 11.1 Å². The largest absolute Gasteiger partial charge is 0.300 e. The molecular formula is C13H24O. The smallest absolute Gasteiger partial charge is 0.130 e. The summed E-state index contributed by atoms with van der Waals surface area (Å²) in [6, 6.07) is 0. The maximum atomic E-state index is 10.8. The highest BCUT2D eigenvalue weighted by atomic mass is 16.1. The third-order valence-electron chi connectivity index (χ3n) is 2.74. The highest BCUT2D eigenvalue weighted by Crippen LogP contribution is 2.16. The van der Waals surface area contributed by atoms with E-state index < -0.39 is 0 Å². The Morgan fingerprint density at radius 2 is 1.43 bits per heavy atom. The van der Waals surface area contributed by atoms with E-state index in [1.807, 2.05) is 0 Å². The Balaban J connectivity index is 3.83. The van der Waals surface area contributed by atoms with Crippen LogP contribution in [0.1, 0.15) is 66.2 Å². The molecule has 0 atom stereocenters. The molecule has 0 amide bonds. The number of hydrogen-bond donors (Lipinski definition) is 0. The molecule has 0 spiro atoms. The lowest BCUT2D eigenvalue weighted by molar-refractivity contribution is -0.116. The van der Waals surface area contributed by atoms with Crippen molar-refractivity contribution in [3.8, 4) is 0 Å². The van der Waals surface area contributed by atoms with Gasteiger partial charge in [-0.3, -0.25) is 0 Å². The molecule has 0 rings (SSSR count). The number of unbranched alkanes of at least 4 members (excludes halogenated alkanes) is 2. The number of carbonyl (C=O) groups is 1. The minimum atomic E-state index is 0.297. The predicted molar refractivity (Wildman–Crippen MR) is 62.4 cm³/mol. The van der Waals surface area contributed by atoms with Gasteiger partial charge in [-0.15, -0.1) is 0 Å². The van der Waals surface area contributed by atoms with Gasteiger partial charge in [0.1, 0.15) is 5.78 Å². The minimum Gasteiger partial charge on any atom is -0.300 e. The van der Waals surface area contributed by atoms with E-state index in [-0.39, 0.29) is 0 Å². The van der Waals surface area contributed by atoms with Gasteiger partial charge in [-0.2, -0.15) is 0 Å². The van der Waals surface area contributed by atoms with Crippen LogP contribution in [0.25, 0.3) is 0 Å². The Kier molecular flexibility index (Phi) is 7.45. The van der Waals surface area contributed by atoms with E-state index >= 15 is 0 Å². The summed E-state index contributed by atoms with van der Waals surface area (Å²) in [6.45, 7) is 8.25.